The van der Waals surface area contributed by atoms with Crippen molar-refractivity contribution in [3.05, 3.63) is 21.9 Å². The zero-order valence-corrected chi connectivity index (χ0v) is 11.7. The van der Waals surface area contributed by atoms with Crippen molar-refractivity contribution >= 4 is 35.0 Å². The molecule has 2 heterocycles. The molecule has 0 aromatic carbocycles. The van der Waals surface area contributed by atoms with Gasteiger partial charge in [0.15, 0.2) is 0 Å². The molecule has 0 aliphatic carbocycles. The first-order valence-corrected chi connectivity index (χ1v) is 7.72. The molecule has 1 aromatic heterocycles. The Bertz CT molecular complexity index is 458. The van der Waals surface area contributed by atoms with Gasteiger partial charge in [0.2, 0.25) is 0 Å². The summed E-state index contributed by atoms with van der Waals surface area (Å²) in [5, 5.41) is 8.90. The molecule has 0 saturated carbocycles. The molecule has 98 valence electrons. The molecular formula is C12H15NO3S2. The fourth-order valence-corrected chi connectivity index (χ4v) is 3.87. The first-order chi connectivity index (χ1) is 8.58. The number of amides is 1. The standard InChI is InChI=1S/C12H15NO3S2/c1-8-2-3-10(18-8)12(16)13-4-5-17-7-9(13)6-11(14)15/h2-3,9H,4-7H2,1H3,(H,14,15). The molecule has 1 amide bonds. The van der Waals surface area contributed by atoms with Crippen LogP contribution in [0, 0.1) is 6.92 Å². The normalized spacial score (nSPS) is 19.8. The van der Waals surface area contributed by atoms with E-state index in [1.54, 1.807) is 16.7 Å². The van der Waals surface area contributed by atoms with Crippen molar-refractivity contribution in [1.82, 2.24) is 4.90 Å². The van der Waals surface area contributed by atoms with Crippen molar-refractivity contribution in [3.8, 4) is 0 Å². The van der Waals surface area contributed by atoms with E-state index in [1.165, 1.54) is 11.3 Å². The Kier molecular flexibility index (Phi) is 4.29. The summed E-state index contributed by atoms with van der Waals surface area (Å²) in [4.78, 5) is 26.7. The van der Waals surface area contributed by atoms with Crippen LogP contribution in [0.3, 0.4) is 0 Å². The van der Waals surface area contributed by atoms with Gasteiger partial charge in [0, 0.05) is 22.9 Å². The lowest BCUT2D eigenvalue weighted by Crippen LogP contribution is -2.46. The van der Waals surface area contributed by atoms with Gasteiger partial charge in [0.1, 0.15) is 0 Å². The molecular weight excluding hydrogens is 270 g/mol. The number of carbonyl (C=O) groups excluding carboxylic acids is 1. The average molecular weight is 285 g/mol. The Morgan fingerprint density at radius 2 is 2.28 bits per heavy atom. The number of carboxylic acid groups (broad SMARTS) is 1. The third-order valence-electron chi connectivity index (χ3n) is 2.85. The van der Waals surface area contributed by atoms with E-state index < -0.39 is 5.97 Å². The van der Waals surface area contributed by atoms with E-state index in [2.05, 4.69) is 0 Å². The van der Waals surface area contributed by atoms with Crippen molar-refractivity contribution in [3.63, 3.8) is 0 Å². The van der Waals surface area contributed by atoms with Gasteiger partial charge in [-0.3, -0.25) is 9.59 Å². The quantitative estimate of drug-likeness (QED) is 0.924. The van der Waals surface area contributed by atoms with E-state index in [0.717, 1.165) is 10.6 Å². The van der Waals surface area contributed by atoms with Crippen molar-refractivity contribution in [1.29, 1.82) is 0 Å². The molecule has 1 N–H and O–H groups in total. The highest BCUT2D eigenvalue weighted by molar-refractivity contribution is 7.99. The predicted octanol–water partition coefficient (Wildman–Crippen LogP) is 2.09. The van der Waals surface area contributed by atoms with Crippen LogP contribution in [0.15, 0.2) is 12.1 Å². The number of carboxylic acids is 1. The van der Waals surface area contributed by atoms with E-state index >= 15 is 0 Å². The zero-order valence-electron chi connectivity index (χ0n) is 10.1. The lowest BCUT2D eigenvalue weighted by atomic mass is 10.2. The molecule has 1 unspecified atom stereocenters. The molecule has 18 heavy (non-hydrogen) atoms. The fourth-order valence-electron chi connectivity index (χ4n) is 1.98. The molecule has 1 aliphatic rings. The number of hydrogen-bond donors (Lipinski definition) is 1. The summed E-state index contributed by atoms with van der Waals surface area (Å²) in [7, 11) is 0. The van der Waals surface area contributed by atoms with Crippen LogP contribution in [-0.2, 0) is 4.79 Å². The summed E-state index contributed by atoms with van der Waals surface area (Å²) >= 11 is 3.18. The highest BCUT2D eigenvalue weighted by Gasteiger charge is 2.29. The summed E-state index contributed by atoms with van der Waals surface area (Å²) in [6.07, 6.45) is 0.0309. The lowest BCUT2D eigenvalue weighted by molar-refractivity contribution is -0.138. The highest BCUT2D eigenvalue weighted by Crippen LogP contribution is 2.24. The minimum Gasteiger partial charge on any atom is -0.481 e. The monoisotopic (exact) mass is 285 g/mol. The summed E-state index contributed by atoms with van der Waals surface area (Å²) in [5.41, 5.74) is 0. The third kappa shape index (κ3) is 3.05. The highest BCUT2D eigenvalue weighted by atomic mass is 32.2. The Morgan fingerprint density at radius 1 is 1.50 bits per heavy atom. The van der Waals surface area contributed by atoms with Gasteiger partial charge in [-0.1, -0.05) is 0 Å². The number of nitrogens with zero attached hydrogens (tertiary/aromatic N) is 1. The fraction of sp³-hybridized carbons (Fsp3) is 0.500. The van der Waals surface area contributed by atoms with E-state index in [0.29, 0.717) is 17.2 Å². The number of carbonyl (C=O) groups is 2. The smallest absolute Gasteiger partial charge is 0.305 e. The predicted molar refractivity (Wildman–Crippen MR) is 73.5 cm³/mol. The minimum absolute atomic E-state index is 0.0281. The van der Waals surface area contributed by atoms with Crippen LogP contribution in [0.1, 0.15) is 21.0 Å². The van der Waals surface area contributed by atoms with Crippen LogP contribution in [0.5, 0.6) is 0 Å². The summed E-state index contributed by atoms with van der Waals surface area (Å²) in [5.74, 6) is 0.719. The van der Waals surface area contributed by atoms with Crippen LogP contribution in [0.4, 0.5) is 0 Å². The van der Waals surface area contributed by atoms with Gasteiger partial charge < -0.3 is 10.0 Å². The molecule has 0 bridgehead atoms. The molecule has 4 nitrogen and oxygen atoms in total. The van der Waals surface area contributed by atoms with Crippen LogP contribution >= 0.6 is 23.1 Å². The Balaban J connectivity index is 2.13. The van der Waals surface area contributed by atoms with Gasteiger partial charge in [0.05, 0.1) is 17.3 Å². The SMILES string of the molecule is Cc1ccc(C(=O)N2CCSCC2CC(=O)O)s1. The lowest BCUT2D eigenvalue weighted by Gasteiger charge is -2.34. The second-order valence-electron chi connectivity index (χ2n) is 4.24. The van der Waals surface area contributed by atoms with Gasteiger partial charge in [-0.25, -0.2) is 0 Å². The third-order valence-corrected chi connectivity index (χ3v) is 4.93. The first kappa shape index (κ1) is 13.4. The first-order valence-electron chi connectivity index (χ1n) is 5.75. The van der Waals surface area contributed by atoms with Crippen molar-refractivity contribution in [2.75, 3.05) is 18.1 Å². The Morgan fingerprint density at radius 3 is 2.89 bits per heavy atom. The number of rotatable bonds is 3. The molecule has 1 fully saturated rings. The van der Waals surface area contributed by atoms with Crippen LogP contribution < -0.4 is 0 Å². The van der Waals surface area contributed by atoms with Gasteiger partial charge in [-0.05, 0) is 19.1 Å². The van der Waals surface area contributed by atoms with Crippen molar-refractivity contribution in [2.45, 2.75) is 19.4 Å². The summed E-state index contributed by atoms with van der Waals surface area (Å²) in [6, 6.07) is 3.56. The summed E-state index contributed by atoms with van der Waals surface area (Å²) in [6.45, 7) is 2.60. The molecule has 1 saturated heterocycles. The van der Waals surface area contributed by atoms with Gasteiger partial charge in [-0.2, -0.15) is 11.8 Å². The van der Waals surface area contributed by atoms with Crippen LogP contribution in [0.2, 0.25) is 0 Å². The topological polar surface area (TPSA) is 57.6 Å². The Hall–Kier alpha value is -1.01. The van der Waals surface area contributed by atoms with Crippen LogP contribution in [0.25, 0.3) is 0 Å². The average Bonchev–Trinajstić information content (AvgIpc) is 2.75. The molecule has 1 aliphatic heterocycles. The van der Waals surface area contributed by atoms with E-state index in [1.807, 2.05) is 19.1 Å². The maximum atomic E-state index is 12.3. The number of aliphatic carboxylic acids is 1. The largest absolute Gasteiger partial charge is 0.481 e. The zero-order chi connectivity index (χ0) is 13.1. The van der Waals surface area contributed by atoms with E-state index in [4.69, 9.17) is 5.11 Å². The number of hydrogen-bond acceptors (Lipinski definition) is 4. The van der Waals surface area contributed by atoms with E-state index in [9.17, 15) is 9.59 Å². The second kappa shape index (κ2) is 5.75. The molecule has 1 atom stereocenters. The Labute approximate surface area is 114 Å². The van der Waals surface area contributed by atoms with E-state index in [-0.39, 0.29) is 18.4 Å². The van der Waals surface area contributed by atoms with Gasteiger partial charge in [-0.15, -0.1) is 11.3 Å². The number of thioether (sulfide) groups is 1. The maximum Gasteiger partial charge on any atom is 0.305 e. The number of thiophene rings is 1. The molecule has 0 spiro atoms. The summed E-state index contributed by atoms with van der Waals surface area (Å²) < 4.78 is 0. The number of aryl methyl sites for hydroxylation is 1. The van der Waals surface area contributed by atoms with Gasteiger partial charge >= 0.3 is 5.97 Å². The molecule has 1 aromatic rings. The van der Waals surface area contributed by atoms with Crippen molar-refractivity contribution in [2.24, 2.45) is 0 Å². The minimum atomic E-state index is -0.845. The molecule has 6 heteroatoms. The molecule has 2 rings (SSSR count). The van der Waals surface area contributed by atoms with Gasteiger partial charge in [0.25, 0.3) is 5.91 Å². The second-order valence-corrected chi connectivity index (χ2v) is 6.67. The molecule has 0 radical (unpaired) electrons. The van der Waals surface area contributed by atoms with Crippen LogP contribution in [-0.4, -0.2) is 46.0 Å². The maximum absolute atomic E-state index is 12.3. The van der Waals surface area contributed by atoms with Crippen molar-refractivity contribution < 1.29 is 14.7 Å².